The molecule has 2 unspecified atom stereocenters. The molecule has 1 aromatic carbocycles. The molecular formula is C22H28N4. The maximum atomic E-state index is 9.09. The first kappa shape index (κ1) is 17.1. The number of nitriles is 1. The fourth-order valence-corrected chi connectivity index (χ4v) is 5.89. The van der Waals surface area contributed by atoms with E-state index in [2.05, 4.69) is 41.3 Å². The van der Waals surface area contributed by atoms with Gasteiger partial charge >= 0.3 is 0 Å². The highest BCUT2D eigenvalue weighted by atomic mass is 15.2. The number of hydrogen-bond acceptors (Lipinski definition) is 2. The number of hydrogen-bond donors (Lipinski definition) is 2. The summed E-state index contributed by atoms with van der Waals surface area (Å²) in [4.78, 5) is 3.99. The Kier molecular flexibility index (Phi) is 4.48. The molecule has 2 N–H and O–H groups in total. The third-order valence-electron chi connectivity index (χ3n) is 6.76. The molecule has 2 atom stereocenters. The minimum absolute atomic E-state index is 0.434. The molecule has 4 aliphatic carbocycles. The Hall–Kier alpha value is -2.28. The van der Waals surface area contributed by atoms with Crippen molar-refractivity contribution >= 4 is 24.3 Å². The van der Waals surface area contributed by atoms with Gasteiger partial charge in [-0.1, -0.05) is 25.6 Å². The zero-order valence-corrected chi connectivity index (χ0v) is 15.6. The molecule has 5 rings (SSSR count). The minimum Gasteiger partial charge on any atom is -0.355 e. The van der Waals surface area contributed by atoms with Crippen LogP contribution in [0.5, 0.6) is 0 Å². The Labute approximate surface area is 155 Å². The van der Waals surface area contributed by atoms with Crippen LogP contribution in [-0.2, 0) is 0 Å². The van der Waals surface area contributed by atoms with Crippen LogP contribution in [0.4, 0.5) is 5.69 Å². The molecule has 4 bridgehead atoms. The Bertz CT molecular complexity index is 849. The maximum Gasteiger partial charge on any atom is 0.211 e. The highest BCUT2D eigenvalue weighted by Crippen LogP contribution is 2.65. The van der Waals surface area contributed by atoms with Crippen molar-refractivity contribution in [2.75, 3.05) is 11.9 Å². The molecule has 1 aromatic rings. The summed E-state index contributed by atoms with van der Waals surface area (Å²) in [7, 11) is 0. The van der Waals surface area contributed by atoms with Crippen LogP contribution in [0.3, 0.4) is 0 Å². The van der Waals surface area contributed by atoms with Crippen molar-refractivity contribution < 1.29 is 0 Å². The Morgan fingerprint density at radius 1 is 1.35 bits per heavy atom. The summed E-state index contributed by atoms with van der Waals surface area (Å²) in [6.45, 7) is 7.12. The molecule has 0 saturated heterocycles. The number of benzene rings is 1. The molecule has 136 valence electrons. The summed E-state index contributed by atoms with van der Waals surface area (Å²) < 4.78 is 0. The predicted octanol–water partition coefficient (Wildman–Crippen LogP) is 2.95. The zero-order valence-electron chi connectivity index (χ0n) is 15.6. The van der Waals surface area contributed by atoms with Crippen LogP contribution in [0.1, 0.15) is 45.4 Å². The second kappa shape index (κ2) is 6.79. The van der Waals surface area contributed by atoms with Gasteiger partial charge in [-0.3, -0.25) is 0 Å². The molecule has 0 heterocycles. The van der Waals surface area contributed by atoms with Gasteiger partial charge in [-0.2, -0.15) is 5.26 Å². The van der Waals surface area contributed by atoms with Gasteiger partial charge in [0.25, 0.3) is 0 Å². The van der Waals surface area contributed by atoms with Crippen LogP contribution < -0.4 is 21.1 Å². The maximum absolute atomic E-state index is 9.09. The van der Waals surface area contributed by atoms with Gasteiger partial charge in [0, 0.05) is 12.2 Å². The summed E-state index contributed by atoms with van der Waals surface area (Å²) in [5, 5.41) is 18.0. The average Bonchev–Trinajstić information content (AvgIpc) is 3.00. The molecule has 4 nitrogen and oxygen atoms in total. The van der Waals surface area contributed by atoms with Gasteiger partial charge in [0.15, 0.2) is 0 Å². The molecule has 0 amide bonds. The van der Waals surface area contributed by atoms with Crippen LogP contribution in [0.15, 0.2) is 23.2 Å². The number of anilines is 1. The summed E-state index contributed by atoms with van der Waals surface area (Å²) >= 11 is 0. The lowest BCUT2D eigenvalue weighted by molar-refractivity contribution is 0.202. The van der Waals surface area contributed by atoms with Crippen LogP contribution in [-0.4, -0.2) is 12.5 Å². The van der Waals surface area contributed by atoms with E-state index >= 15 is 0 Å². The van der Waals surface area contributed by atoms with E-state index in [1.54, 1.807) is 0 Å². The van der Waals surface area contributed by atoms with E-state index in [1.807, 2.05) is 18.3 Å². The van der Waals surface area contributed by atoms with Gasteiger partial charge in [-0.05, 0) is 84.3 Å². The van der Waals surface area contributed by atoms with E-state index in [0.29, 0.717) is 11.4 Å². The number of nitrogens with one attached hydrogen (secondary N) is 2. The molecule has 4 heteroatoms. The monoisotopic (exact) mass is 348 g/mol. The first-order chi connectivity index (χ1) is 12.6. The molecule has 26 heavy (non-hydrogen) atoms. The van der Waals surface area contributed by atoms with E-state index in [9.17, 15) is 0 Å². The van der Waals surface area contributed by atoms with Gasteiger partial charge in [0.05, 0.1) is 0 Å². The van der Waals surface area contributed by atoms with E-state index in [0.717, 1.165) is 46.8 Å². The summed E-state index contributed by atoms with van der Waals surface area (Å²) in [6.07, 6.45) is 12.0. The quantitative estimate of drug-likeness (QED) is 0.500. The minimum atomic E-state index is 0.434. The van der Waals surface area contributed by atoms with E-state index in [-0.39, 0.29) is 0 Å². The van der Waals surface area contributed by atoms with Crippen LogP contribution >= 0.6 is 0 Å². The lowest BCUT2D eigenvalue weighted by Gasteiger charge is -2.33. The van der Waals surface area contributed by atoms with Crippen molar-refractivity contribution in [1.29, 1.82) is 5.26 Å². The van der Waals surface area contributed by atoms with Crippen molar-refractivity contribution in [3.05, 3.63) is 28.6 Å². The van der Waals surface area contributed by atoms with E-state index in [1.165, 1.54) is 32.1 Å². The lowest BCUT2D eigenvalue weighted by Crippen LogP contribution is -2.41. The second-order valence-corrected chi connectivity index (χ2v) is 8.47. The summed E-state index contributed by atoms with van der Waals surface area (Å²) in [5.74, 6) is 3.32. The molecule has 0 radical (unpaired) electrons. The highest BCUT2D eigenvalue weighted by Gasteiger charge is 2.57. The predicted molar refractivity (Wildman–Crippen MR) is 107 cm³/mol. The van der Waals surface area contributed by atoms with Gasteiger partial charge in [-0.25, -0.2) is 0 Å². The third-order valence-corrected chi connectivity index (χ3v) is 6.76. The van der Waals surface area contributed by atoms with Crippen LogP contribution in [0.25, 0.3) is 12.7 Å². The number of aliphatic imine (C=N–C) groups is 1. The molecule has 4 aliphatic rings. The molecule has 0 aromatic heterocycles. The molecular weight excluding hydrogens is 320 g/mol. The van der Waals surface area contributed by atoms with Gasteiger partial charge < -0.3 is 10.6 Å². The molecule has 0 aliphatic heterocycles. The largest absolute Gasteiger partial charge is 0.355 e. The van der Waals surface area contributed by atoms with E-state index < -0.39 is 0 Å². The van der Waals surface area contributed by atoms with Crippen molar-refractivity contribution in [3.8, 4) is 6.19 Å². The second-order valence-electron chi connectivity index (χ2n) is 8.47. The molecule has 0 spiro atoms. The van der Waals surface area contributed by atoms with Crippen molar-refractivity contribution in [2.24, 2.45) is 28.2 Å². The fraction of sp³-hybridized carbons (Fsp3) is 0.545. The number of guanidine groups is 1. The lowest BCUT2D eigenvalue weighted by atomic mass is 9.75. The molecule has 4 fully saturated rings. The Morgan fingerprint density at radius 3 is 2.81 bits per heavy atom. The first-order valence-corrected chi connectivity index (χ1v) is 9.89. The van der Waals surface area contributed by atoms with Crippen molar-refractivity contribution in [2.45, 2.75) is 45.4 Å². The topological polar surface area (TPSA) is 60.2 Å². The van der Waals surface area contributed by atoms with E-state index in [4.69, 9.17) is 5.26 Å². The smallest absolute Gasteiger partial charge is 0.211 e. The SMILES string of the molecule is C=c1ccc(N/C(=N/C#N)NCC23CC4CC(CC2C4)C3)c/c1=C/CC. The van der Waals surface area contributed by atoms with Gasteiger partial charge in [0.1, 0.15) is 0 Å². The number of nitrogens with zero attached hydrogens (tertiary/aromatic N) is 2. The average molecular weight is 348 g/mol. The molecule has 4 saturated carbocycles. The van der Waals surface area contributed by atoms with Gasteiger partial charge in [-0.15, -0.1) is 4.99 Å². The highest BCUT2D eigenvalue weighted by molar-refractivity contribution is 5.94. The Morgan fingerprint density at radius 2 is 2.12 bits per heavy atom. The van der Waals surface area contributed by atoms with Gasteiger partial charge in [0.2, 0.25) is 12.2 Å². The van der Waals surface area contributed by atoms with Crippen LogP contribution in [0.2, 0.25) is 0 Å². The zero-order chi connectivity index (χ0) is 18.1. The Balaban J connectivity index is 1.47. The fourth-order valence-electron chi connectivity index (χ4n) is 5.89. The van der Waals surface area contributed by atoms with Crippen molar-refractivity contribution in [1.82, 2.24) is 5.32 Å². The standard InChI is InChI=1S/C22H28N4/c1-3-4-18-10-20(6-5-15(18)2)26-21(25-14-23)24-13-22-11-16-7-17(12-22)9-19(22)8-16/h4-6,10,16-17,19H,2-3,7-9,11-13H2,1H3,(H2,24,25,26)/b18-4-. The van der Waals surface area contributed by atoms with Crippen molar-refractivity contribution in [3.63, 3.8) is 0 Å². The summed E-state index contributed by atoms with van der Waals surface area (Å²) in [6, 6.07) is 6.07. The van der Waals surface area contributed by atoms with Crippen LogP contribution in [0, 0.1) is 34.6 Å². The normalized spacial score (nSPS) is 32.7. The first-order valence-electron chi connectivity index (χ1n) is 9.89. The number of rotatable bonds is 4. The summed E-state index contributed by atoms with van der Waals surface area (Å²) in [5.41, 5.74) is 1.37. The third kappa shape index (κ3) is 3.11.